The Bertz CT molecular complexity index is 326. The maximum Gasteiger partial charge on any atom is 0.180 e. The molecule has 0 saturated heterocycles. The molecular weight excluding hydrogens is 208 g/mol. The van der Waals surface area contributed by atoms with Crippen molar-refractivity contribution < 1.29 is 5.11 Å². The van der Waals surface area contributed by atoms with Gasteiger partial charge in [-0.3, -0.25) is 0 Å². The number of nitrogens with two attached hydrogens (primary N) is 1. The Hall–Kier alpha value is -0.610. The fourth-order valence-corrected chi connectivity index (χ4v) is 3.20. The molecule has 1 fully saturated rings. The number of nitrogens with zero attached hydrogens (tertiary/aromatic N) is 1. The van der Waals surface area contributed by atoms with E-state index in [2.05, 4.69) is 11.9 Å². The van der Waals surface area contributed by atoms with Crippen molar-refractivity contribution in [3.05, 3.63) is 11.1 Å². The van der Waals surface area contributed by atoms with Crippen LogP contribution in [-0.4, -0.2) is 10.1 Å². The van der Waals surface area contributed by atoms with Crippen LogP contribution in [0.1, 0.15) is 43.6 Å². The Kier molecular flexibility index (Phi) is 3.26. The van der Waals surface area contributed by atoms with E-state index in [9.17, 15) is 5.11 Å². The van der Waals surface area contributed by atoms with Gasteiger partial charge < -0.3 is 10.8 Å². The summed E-state index contributed by atoms with van der Waals surface area (Å²) in [4.78, 5) is 4.91. The predicted molar refractivity (Wildman–Crippen MR) is 62.6 cm³/mol. The number of nitrogen functional groups attached to an aromatic ring is 1. The van der Waals surface area contributed by atoms with E-state index in [1.165, 1.54) is 24.2 Å². The zero-order valence-corrected chi connectivity index (χ0v) is 9.83. The number of rotatable bonds is 2. The zero-order valence-electron chi connectivity index (χ0n) is 9.02. The van der Waals surface area contributed by atoms with Gasteiger partial charge in [-0.05, 0) is 24.7 Å². The SMILES string of the molecule is CC1CCCC(C(O)c2cnc(N)s2)C1. The summed E-state index contributed by atoms with van der Waals surface area (Å²) >= 11 is 1.41. The van der Waals surface area contributed by atoms with Crippen molar-refractivity contribution in [3.8, 4) is 0 Å². The molecule has 15 heavy (non-hydrogen) atoms. The molecule has 4 heteroatoms. The fourth-order valence-electron chi connectivity index (χ4n) is 2.44. The highest BCUT2D eigenvalue weighted by atomic mass is 32.1. The smallest absolute Gasteiger partial charge is 0.180 e. The van der Waals surface area contributed by atoms with E-state index in [1.54, 1.807) is 6.20 Å². The van der Waals surface area contributed by atoms with Crippen LogP contribution in [0, 0.1) is 11.8 Å². The fraction of sp³-hybridized carbons (Fsp3) is 0.727. The molecule has 0 aliphatic heterocycles. The van der Waals surface area contributed by atoms with Gasteiger partial charge in [-0.1, -0.05) is 31.1 Å². The van der Waals surface area contributed by atoms with Gasteiger partial charge in [-0.15, -0.1) is 0 Å². The Labute approximate surface area is 94.3 Å². The Morgan fingerprint density at radius 1 is 1.60 bits per heavy atom. The molecule has 1 aromatic heterocycles. The van der Waals surface area contributed by atoms with Crippen LogP contribution in [-0.2, 0) is 0 Å². The summed E-state index contributed by atoms with van der Waals surface area (Å²) in [5.74, 6) is 1.14. The summed E-state index contributed by atoms with van der Waals surface area (Å²) in [6.45, 7) is 2.26. The van der Waals surface area contributed by atoms with Crippen LogP contribution in [0.15, 0.2) is 6.20 Å². The second kappa shape index (κ2) is 4.49. The zero-order chi connectivity index (χ0) is 10.8. The van der Waals surface area contributed by atoms with Gasteiger partial charge in [-0.25, -0.2) is 4.98 Å². The van der Waals surface area contributed by atoms with Gasteiger partial charge in [-0.2, -0.15) is 0 Å². The Balaban J connectivity index is 2.03. The molecule has 0 amide bonds. The molecule has 0 radical (unpaired) electrons. The molecule has 3 nitrogen and oxygen atoms in total. The third-order valence-electron chi connectivity index (χ3n) is 3.26. The molecule has 84 valence electrons. The number of thiazole rings is 1. The standard InChI is InChI=1S/C11H18N2OS/c1-7-3-2-4-8(5-7)10(14)9-6-13-11(12)15-9/h6-8,10,14H,2-5H2,1H3,(H2,12,13). The van der Waals surface area contributed by atoms with Crippen molar-refractivity contribution >= 4 is 16.5 Å². The first-order chi connectivity index (χ1) is 7.16. The number of anilines is 1. The van der Waals surface area contributed by atoms with Crippen molar-refractivity contribution in [2.45, 2.75) is 38.7 Å². The normalized spacial score (nSPS) is 28.9. The van der Waals surface area contributed by atoms with Crippen LogP contribution < -0.4 is 5.73 Å². The molecule has 0 aromatic carbocycles. The quantitative estimate of drug-likeness (QED) is 0.815. The van der Waals surface area contributed by atoms with Gasteiger partial charge in [0.1, 0.15) is 0 Å². The van der Waals surface area contributed by atoms with Crippen LogP contribution >= 0.6 is 11.3 Å². The van der Waals surface area contributed by atoms with Crippen molar-refractivity contribution in [2.24, 2.45) is 11.8 Å². The third kappa shape index (κ3) is 2.49. The lowest BCUT2D eigenvalue weighted by Crippen LogP contribution is -2.19. The van der Waals surface area contributed by atoms with E-state index < -0.39 is 0 Å². The first-order valence-corrected chi connectivity index (χ1v) is 6.37. The third-order valence-corrected chi connectivity index (χ3v) is 4.15. The van der Waals surface area contributed by atoms with Crippen molar-refractivity contribution in [3.63, 3.8) is 0 Å². The first kappa shape index (κ1) is 10.9. The molecule has 0 spiro atoms. The highest BCUT2D eigenvalue weighted by Crippen LogP contribution is 2.38. The minimum absolute atomic E-state index is 0.359. The van der Waals surface area contributed by atoms with Gasteiger partial charge in [0.05, 0.1) is 11.0 Å². The number of hydrogen-bond acceptors (Lipinski definition) is 4. The topological polar surface area (TPSA) is 59.1 Å². The van der Waals surface area contributed by atoms with Crippen LogP contribution in [0.3, 0.4) is 0 Å². The highest BCUT2D eigenvalue weighted by Gasteiger charge is 2.27. The molecule has 1 aromatic rings. The van der Waals surface area contributed by atoms with Crippen molar-refractivity contribution in [1.29, 1.82) is 0 Å². The Morgan fingerprint density at radius 2 is 2.40 bits per heavy atom. The van der Waals surface area contributed by atoms with Gasteiger partial charge in [0.2, 0.25) is 0 Å². The van der Waals surface area contributed by atoms with E-state index >= 15 is 0 Å². The van der Waals surface area contributed by atoms with Gasteiger partial charge in [0.25, 0.3) is 0 Å². The lowest BCUT2D eigenvalue weighted by molar-refractivity contribution is 0.0740. The molecule has 1 aliphatic rings. The minimum atomic E-state index is -0.359. The molecular formula is C11H18N2OS. The second-order valence-corrected chi connectivity index (χ2v) is 5.67. The van der Waals surface area contributed by atoms with E-state index in [1.807, 2.05) is 0 Å². The van der Waals surface area contributed by atoms with E-state index in [4.69, 9.17) is 5.73 Å². The van der Waals surface area contributed by atoms with Crippen LogP contribution in [0.4, 0.5) is 5.13 Å². The van der Waals surface area contributed by atoms with Crippen LogP contribution in [0.5, 0.6) is 0 Å². The van der Waals surface area contributed by atoms with Crippen LogP contribution in [0.2, 0.25) is 0 Å². The summed E-state index contributed by atoms with van der Waals surface area (Å²) in [5, 5.41) is 10.7. The average molecular weight is 226 g/mol. The summed E-state index contributed by atoms with van der Waals surface area (Å²) < 4.78 is 0. The lowest BCUT2D eigenvalue weighted by Gasteiger charge is -2.29. The molecule has 1 aliphatic carbocycles. The molecule has 1 heterocycles. The summed E-state index contributed by atoms with van der Waals surface area (Å²) in [6, 6.07) is 0. The number of aliphatic hydroxyl groups excluding tert-OH is 1. The van der Waals surface area contributed by atoms with E-state index in [0.29, 0.717) is 11.0 Å². The number of hydrogen-bond donors (Lipinski definition) is 2. The van der Waals surface area contributed by atoms with Gasteiger partial charge >= 0.3 is 0 Å². The molecule has 0 bridgehead atoms. The maximum atomic E-state index is 10.2. The second-order valence-electron chi connectivity index (χ2n) is 4.58. The molecule has 3 N–H and O–H groups in total. The number of aromatic nitrogens is 1. The summed E-state index contributed by atoms with van der Waals surface area (Å²) in [7, 11) is 0. The van der Waals surface area contributed by atoms with Crippen molar-refractivity contribution in [2.75, 3.05) is 5.73 Å². The van der Waals surface area contributed by atoms with Crippen LogP contribution in [0.25, 0.3) is 0 Å². The van der Waals surface area contributed by atoms with E-state index in [-0.39, 0.29) is 6.10 Å². The minimum Gasteiger partial charge on any atom is -0.387 e. The molecule has 2 rings (SSSR count). The molecule has 1 saturated carbocycles. The van der Waals surface area contributed by atoms with Gasteiger partial charge in [0, 0.05) is 6.20 Å². The number of aliphatic hydroxyl groups is 1. The monoisotopic (exact) mass is 226 g/mol. The van der Waals surface area contributed by atoms with Crippen molar-refractivity contribution in [1.82, 2.24) is 4.98 Å². The lowest BCUT2D eigenvalue weighted by atomic mass is 9.79. The van der Waals surface area contributed by atoms with Gasteiger partial charge in [0.15, 0.2) is 5.13 Å². The first-order valence-electron chi connectivity index (χ1n) is 5.56. The highest BCUT2D eigenvalue weighted by molar-refractivity contribution is 7.15. The maximum absolute atomic E-state index is 10.2. The predicted octanol–water partition coefficient (Wildman–Crippen LogP) is 2.58. The summed E-state index contributed by atoms with van der Waals surface area (Å²) in [5.41, 5.74) is 5.57. The summed E-state index contributed by atoms with van der Waals surface area (Å²) in [6.07, 6.45) is 6.14. The average Bonchev–Trinajstić information content (AvgIpc) is 2.64. The molecule has 3 unspecified atom stereocenters. The van der Waals surface area contributed by atoms with E-state index in [0.717, 1.165) is 23.6 Å². The Morgan fingerprint density at radius 3 is 3.00 bits per heavy atom. The molecule has 3 atom stereocenters. The largest absolute Gasteiger partial charge is 0.387 e.